The van der Waals surface area contributed by atoms with E-state index >= 15 is 0 Å². The van der Waals surface area contributed by atoms with Crippen molar-refractivity contribution in [3.63, 3.8) is 0 Å². The lowest BCUT2D eigenvalue weighted by atomic mass is 10.3. The van der Waals surface area contributed by atoms with Crippen LogP contribution >= 0.6 is 0 Å². The van der Waals surface area contributed by atoms with Gasteiger partial charge in [-0.05, 0) is 13.1 Å². The standard InChI is InChI=1S/C12H18N6/c1-17-6-8-18(9-7-17)5-4-15-12-14-3-2-11(10-13)16-12/h2-3H,4-9H2,1H3,(H,14,15,16). The Morgan fingerprint density at radius 3 is 2.89 bits per heavy atom. The first-order valence-electron chi connectivity index (χ1n) is 6.16. The number of piperazine rings is 1. The fourth-order valence-electron chi connectivity index (χ4n) is 1.90. The van der Waals surface area contributed by atoms with Crippen LogP contribution in [0.5, 0.6) is 0 Å². The molecular formula is C12H18N6. The monoisotopic (exact) mass is 246 g/mol. The van der Waals surface area contributed by atoms with Crippen LogP contribution in [0, 0.1) is 11.3 Å². The summed E-state index contributed by atoms with van der Waals surface area (Å²) in [6, 6.07) is 3.61. The lowest BCUT2D eigenvalue weighted by Crippen LogP contribution is -2.45. The largest absolute Gasteiger partial charge is 0.353 e. The van der Waals surface area contributed by atoms with Gasteiger partial charge < -0.3 is 10.2 Å². The molecule has 2 heterocycles. The molecule has 0 radical (unpaired) electrons. The Bertz CT molecular complexity index is 419. The first-order chi connectivity index (χ1) is 8.78. The van der Waals surface area contributed by atoms with Crippen molar-refractivity contribution >= 4 is 5.95 Å². The summed E-state index contributed by atoms with van der Waals surface area (Å²) in [5.41, 5.74) is 0.395. The Morgan fingerprint density at radius 1 is 1.39 bits per heavy atom. The SMILES string of the molecule is CN1CCN(CCNc2nccc(C#N)n2)CC1. The molecule has 6 heteroatoms. The molecule has 18 heavy (non-hydrogen) atoms. The van der Waals surface area contributed by atoms with Gasteiger partial charge in [0.25, 0.3) is 0 Å². The number of nitrogens with zero attached hydrogens (tertiary/aromatic N) is 5. The number of hydrogen-bond acceptors (Lipinski definition) is 6. The molecule has 1 aromatic rings. The second-order valence-electron chi connectivity index (χ2n) is 4.45. The fourth-order valence-corrected chi connectivity index (χ4v) is 1.90. The Hall–Kier alpha value is -1.71. The number of hydrogen-bond donors (Lipinski definition) is 1. The molecule has 1 aliphatic heterocycles. The van der Waals surface area contributed by atoms with E-state index in [1.165, 1.54) is 0 Å². The van der Waals surface area contributed by atoms with Gasteiger partial charge in [0.2, 0.25) is 5.95 Å². The molecule has 0 spiro atoms. The van der Waals surface area contributed by atoms with E-state index in [2.05, 4.69) is 32.1 Å². The predicted octanol–water partition coefficient (Wildman–Crippen LogP) is 0.00758. The molecule has 1 aromatic heterocycles. The van der Waals surface area contributed by atoms with Crippen molar-refractivity contribution in [2.24, 2.45) is 0 Å². The summed E-state index contributed by atoms with van der Waals surface area (Å²) in [5.74, 6) is 0.531. The van der Waals surface area contributed by atoms with Crippen LogP contribution in [0.15, 0.2) is 12.3 Å². The molecule has 1 fully saturated rings. The molecular weight excluding hydrogens is 228 g/mol. The van der Waals surface area contributed by atoms with E-state index in [1.807, 2.05) is 6.07 Å². The van der Waals surface area contributed by atoms with Gasteiger partial charge in [0.1, 0.15) is 11.8 Å². The van der Waals surface area contributed by atoms with Gasteiger partial charge in [-0.3, -0.25) is 4.90 Å². The first-order valence-corrected chi connectivity index (χ1v) is 6.16. The van der Waals surface area contributed by atoms with Crippen LogP contribution in [-0.2, 0) is 0 Å². The predicted molar refractivity (Wildman–Crippen MR) is 69.2 cm³/mol. The number of likely N-dealkylation sites (N-methyl/N-ethyl adjacent to an activating group) is 1. The van der Waals surface area contributed by atoms with E-state index in [1.54, 1.807) is 12.3 Å². The molecule has 96 valence electrons. The normalized spacial score (nSPS) is 17.3. The molecule has 0 saturated carbocycles. The Balaban J connectivity index is 1.73. The zero-order valence-electron chi connectivity index (χ0n) is 10.6. The van der Waals surface area contributed by atoms with Crippen molar-refractivity contribution in [2.45, 2.75) is 0 Å². The van der Waals surface area contributed by atoms with E-state index < -0.39 is 0 Å². The molecule has 0 aliphatic carbocycles. The molecule has 1 N–H and O–H groups in total. The molecule has 2 rings (SSSR count). The van der Waals surface area contributed by atoms with Crippen LogP contribution in [0.25, 0.3) is 0 Å². The first kappa shape index (κ1) is 12.7. The number of nitrogens with one attached hydrogen (secondary N) is 1. The highest BCUT2D eigenvalue weighted by Crippen LogP contribution is 2.01. The minimum atomic E-state index is 0.395. The maximum Gasteiger partial charge on any atom is 0.223 e. The van der Waals surface area contributed by atoms with Gasteiger partial charge in [-0.2, -0.15) is 5.26 Å². The number of anilines is 1. The summed E-state index contributed by atoms with van der Waals surface area (Å²) in [6.07, 6.45) is 1.60. The average molecular weight is 246 g/mol. The summed E-state index contributed by atoms with van der Waals surface area (Å²) in [7, 11) is 2.15. The minimum absolute atomic E-state index is 0.395. The maximum atomic E-state index is 8.74. The number of rotatable bonds is 4. The van der Waals surface area contributed by atoms with Crippen LogP contribution in [0.1, 0.15) is 5.69 Å². The smallest absolute Gasteiger partial charge is 0.223 e. The minimum Gasteiger partial charge on any atom is -0.353 e. The van der Waals surface area contributed by atoms with Gasteiger partial charge in [-0.1, -0.05) is 0 Å². The summed E-state index contributed by atoms with van der Waals surface area (Å²) >= 11 is 0. The summed E-state index contributed by atoms with van der Waals surface area (Å²) in [6.45, 7) is 6.25. The molecule has 0 atom stereocenters. The van der Waals surface area contributed by atoms with E-state index in [4.69, 9.17) is 5.26 Å². The second kappa shape index (κ2) is 6.28. The summed E-state index contributed by atoms with van der Waals surface area (Å²) < 4.78 is 0. The van der Waals surface area contributed by atoms with Gasteiger partial charge in [0.05, 0.1) is 0 Å². The van der Waals surface area contributed by atoms with Crippen molar-refractivity contribution in [3.8, 4) is 6.07 Å². The Labute approximate surface area is 107 Å². The van der Waals surface area contributed by atoms with Gasteiger partial charge >= 0.3 is 0 Å². The van der Waals surface area contributed by atoms with Crippen LogP contribution in [0.2, 0.25) is 0 Å². The van der Waals surface area contributed by atoms with Crippen molar-refractivity contribution in [1.29, 1.82) is 5.26 Å². The van der Waals surface area contributed by atoms with Crippen LogP contribution in [-0.4, -0.2) is 66.1 Å². The van der Waals surface area contributed by atoms with Gasteiger partial charge in [-0.15, -0.1) is 0 Å². The molecule has 1 saturated heterocycles. The lowest BCUT2D eigenvalue weighted by Gasteiger charge is -2.32. The van der Waals surface area contributed by atoms with Gasteiger partial charge in [-0.25, -0.2) is 9.97 Å². The van der Waals surface area contributed by atoms with E-state index in [0.717, 1.165) is 39.3 Å². The highest BCUT2D eigenvalue weighted by Gasteiger charge is 2.12. The molecule has 0 aromatic carbocycles. The van der Waals surface area contributed by atoms with Crippen molar-refractivity contribution < 1.29 is 0 Å². The summed E-state index contributed by atoms with van der Waals surface area (Å²) in [4.78, 5) is 12.9. The highest BCUT2D eigenvalue weighted by atomic mass is 15.3. The van der Waals surface area contributed by atoms with Crippen LogP contribution in [0.3, 0.4) is 0 Å². The topological polar surface area (TPSA) is 68.1 Å². The van der Waals surface area contributed by atoms with Crippen LogP contribution < -0.4 is 5.32 Å². The zero-order chi connectivity index (χ0) is 12.8. The van der Waals surface area contributed by atoms with E-state index in [9.17, 15) is 0 Å². The van der Waals surface area contributed by atoms with Crippen molar-refractivity contribution in [2.75, 3.05) is 51.6 Å². The highest BCUT2D eigenvalue weighted by molar-refractivity contribution is 5.29. The zero-order valence-corrected chi connectivity index (χ0v) is 10.6. The third-order valence-electron chi connectivity index (χ3n) is 3.08. The average Bonchev–Trinajstić information content (AvgIpc) is 2.41. The molecule has 0 bridgehead atoms. The van der Waals surface area contributed by atoms with Crippen LogP contribution in [0.4, 0.5) is 5.95 Å². The number of nitriles is 1. The Kier molecular flexibility index (Phi) is 4.45. The quantitative estimate of drug-likeness (QED) is 0.807. The Morgan fingerprint density at radius 2 is 2.17 bits per heavy atom. The fraction of sp³-hybridized carbons (Fsp3) is 0.583. The summed E-state index contributed by atoms with van der Waals surface area (Å²) in [5, 5.41) is 11.9. The van der Waals surface area contributed by atoms with E-state index in [-0.39, 0.29) is 0 Å². The lowest BCUT2D eigenvalue weighted by molar-refractivity contribution is 0.158. The molecule has 0 amide bonds. The van der Waals surface area contributed by atoms with Gasteiger partial charge in [0, 0.05) is 45.5 Å². The second-order valence-corrected chi connectivity index (χ2v) is 4.45. The molecule has 6 nitrogen and oxygen atoms in total. The molecule has 1 aliphatic rings. The maximum absolute atomic E-state index is 8.74. The van der Waals surface area contributed by atoms with Crippen molar-refractivity contribution in [3.05, 3.63) is 18.0 Å². The van der Waals surface area contributed by atoms with E-state index in [0.29, 0.717) is 11.6 Å². The third-order valence-corrected chi connectivity index (χ3v) is 3.08. The molecule has 0 unspecified atom stereocenters. The van der Waals surface area contributed by atoms with Crippen molar-refractivity contribution in [1.82, 2.24) is 19.8 Å². The third kappa shape index (κ3) is 3.65. The number of aromatic nitrogens is 2. The van der Waals surface area contributed by atoms with Gasteiger partial charge in [0.15, 0.2) is 0 Å².